The van der Waals surface area contributed by atoms with Gasteiger partial charge in [0.2, 0.25) is 0 Å². The Morgan fingerprint density at radius 2 is 1.65 bits per heavy atom. The topological polar surface area (TPSA) is 185 Å². The molecule has 0 unspecified atom stereocenters. The Labute approximate surface area is 216 Å². The number of hydrogen-bond acceptors (Lipinski definition) is 10. The van der Waals surface area contributed by atoms with Gasteiger partial charge in [0.25, 0.3) is 5.91 Å². The van der Waals surface area contributed by atoms with Gasteiger partial charge in [-0.2, -0.15) is 0 Å². The third kappa shape index (κ3) is 7.00. The molecule has 0 aromatic carbocycles. The lowest BCUT2D eigenvalue weighted by Crippen LogP contribution is -2.30. The average molecular weight is 509 g/mol. The maximum atomic E-state index is 10.8. The molecule has 0 saturated carbocycles. The number of carbonyl (C=O) groups excluding carboxylic acids is 1. The van der Waals surface area contributed by atoms with Gasteiger partial charge in [-0.25, -0.2) is 20.8 Å². The van der Waals surface area contributed by atoms with E-state index in [1.165, 1.54) is 6.07 Å². The lowest BCUT2D eigenvalue weighted by molar-refractivity contribution is 0.0949. The number of hydrazine groups is 1. The third-order valence-corrected chi connectivity index (χ3v) is 6.04. The van der Waals surface area contributed by atoms with Crippen LogP contribution < -0.4 is 22.7 Å². The lowest BCUT2D eigenvalue weighted by Gasteiger charge is -2.22. The van der Waals surface area contributed by atoms with Gasteiger partial charge in [0, 0.05) is 18.4 Å². The molecule has 0 fully saturated rings. The first-order valence-corrected chi connectivity index (χ1v) is 12.0. The van der Waals surface area contributed by atoms with E-state index in [9.17, 15) is 4.79 Å². The van der Waals surface area contributed by atoms with Crippen molar-refractivity contribution in [1.29, 1.82) is 0 Å². The number of rotatable bonds is 2. The molecule has 12 heteroatoms. The van der Waals surface area contributed by atoms with Crippen molar-refractivity contribution in [1.82, 2.24) is 30.2 Å². The summed E-state index contributed by atoms with van der Waals surface area (Å²) >= 11 is 0. The minimum Gasteiger partial charge on any atom is -0.484 e. The van der Waals surface area contributed by atoms with E-state index in [4.69, 9.17) is 22.0 Å². The summed E-state index contributed by atoms with van der Waals surface area (Å²) in [4.78, 5) is 23.2. The fourth-order valence-corrected chi connectivity index (χ4v) is 4.05. The van der Waals surface area contributed by atoms with Gasteiger partial charge in [-0.15, -0.1) is 10.2 Å². The van der Waals surface area contributed by atoms with E-state index in [1.54, 1.807) is 25.3 Å². The predicted molar refractivity (Wildman–Crippen MR) is 143 cm³/mol. The van der Waals surface area contributed by atoms with Crippen molar-refractivity contribution in [3.8, 4) is 11.5 Å². The summed E-state index contributed by atoms with van der Waals surface area (Å²) in [5, 5.41) is 8.47. The molecule has 5 rings (SSSR count). The average Bonchev–Trinajstić information content (AvgIpc) is 3.54. The molecule has 0 atom stereocenters. The van der Waals surface area contributed by atoms with Gasteiger partial charge < -0.3 is 20.8 Å². The highest BCUT2D eigenvalue weighted by molar-refractivity contribution is 5.92. The number of carbonyl (C=O) groups is 1. The number of aryl methyl sites for hydroxylation is 1. The van der Waals surface area contributed by atoms with Crippen LogP contribution in [0.2, 0.25) is 0 Å². The predicted octanol–water partition coefficient (Wildman–Crippen LogP) is 2.47. The smallest absolute Gasteiger partial charge is 0.283 e. The van der Waals surface area contributed by atoms with E-state index < -0.39 is 5.91 Å². The summed E-state index contributed by atoms with van der Waals surface area (Å²) < 4.78 is 7.17. The Morgan fingerprint density at radius 3 is 2.19 bits per heavy atom. The van der Waals surface area contributed by atoms with Crippen molar-refractivity contribution >= 4 is 23.4 Å². The summed E-state index contributed by atoms with van der Waals surface area (Å²) in [6.07, 6.45) is 4.19. The van der Waals surface area contributed by atoms with Crippen LogP contribution in [-0.4, -0.2) is 49.2 Å². The van der Waals surface area contributed by atoms with Crippen LogP contribution in [0.5, 0.6) is 0 Å². The molecule has 198 valence electrons. The molecule has 5 heterocycles. The highest BCUT2D eigenvalue weighted by atomic mass is 16.5. The van der Waals surface area contributed by atoms with Crippen LogP contribution in [0.25, 0.3) is 11.5 Å². The highest BCUT2D eigenvalue weighted by Crippen LogP contribution is 2.34. The van der Waals surface area contributed by atoms with Gasteiger partial charge in [0.15, 0.2) is 11.7 Å². The number of aliphatic imine (C=N–C) groups is 1. The number of fused-ring (bicyclic) bond motifs is 1. The number of aromatic nitrogens is 5. The molecule has 2 aliphatic heterocycles. The van der Waals surface area contributed by atoms with Crippen LogP contribution in [0, 0.1) is 0 Å². The van der Waals surface area contributed by atoms with Crippen molar-refractivity contribution in [3.63, 3.8) is 0 Å². The van der Waals surface area contributed by atoms with Crippen molar-refractivity contribution in [2.45, 2.75) is 64.5 Å². The van der Waals surface area contributed by atoms with Crippen molar-refractivity contribution in [2.75, 3.05) is 18.6 Å². The van der Waals surface area contributed by atoms with Gasteiger partial charge in [-0.05, 0) is 64.8 Å². The molecule has 1 amide bonds. The van der Waals surface area contributed by atoms with Crippen molar-refractivity contribution in [3.05, 3.63) is 47.9 Å². The van der Waals surface area contributed by atoms with Crippen molar-refractivity contribution in [2.24, 2.45) is 10.8 Å². The second-order valence-corrected chi connectivity index (χ2v) is 9.98. The van der Waals surface area contributed by atoms with Gasteiger partial charge in [-0.3, -0.25) is 10.2 Å². The van der Waals surface area contributed by atoms with E-state index in [-0.39, 0.29) is 16.8 Å². The molecule has 0 aliphatic carbocycles. The number of ether oxygens (including phenoxy) is 1. The van der Waals surface area contributed by atoms with Crippen LogP contribution in [0.4, 0.5) is 11.6 Å². The monoisotopic (exact) mass is 508 g/mol. The first-order chi connectivity index (χ1) is 17.5. The molecule has 3 aromatic heterocycles. The summed E-state index contributed by atoms with van der Waals surface area (Å²) in [5.74, 6) is 7.99. The molecule has 7 N–H and O–H groups in total. The fourth-order valence-electron chi connectivity index (χ4n) is 4.05. The Balaban J connectivity index is 0.000000165. The van der Waals surface area contributed by atoms with E-state index in [0.29, 0.717) is 11.6 Å². The van der Waals surface area contributed by atoms with E-state index in [0.717, 1.165) is 48.9 Å². The summed E-state index contributed by atoms with van der Waals surface area (Å²) in [5.41, 5.74) is 14.2. The number of hydrogen-bond donors (Lipinski definition) is 4. The first-order valence-electron chi connectivity index (χ1n) is 12.0. The molecule has 2 aliphatic rings. The minimum absolute atomic E-state index is 0.0560. The SMILES string of the molecule is CC1(C)CCc2nnc(-c3cccc(N)n3)n21.COC1=NC(C)(C)CC1.NNC(=O)c1cccc(N)n1. The standard InChI is InChI=1S/C12H15N5.C7H13NO.C6H8N4O/c1-12(2)7-6-10-15-16-11(17(10)12)8-4-3-5-9(13)14-8;1-7(2)5-4-6(8-7)9-3;7-5-3-1-2-4(9-5)6(11)10-8/h3-5H,6-7H2,1-2H3,(H2,13,14);4-5H2,1-3H3;1-3H,8H2,(H2,7,9)(H,10,11). The fraction of sp³-hybridized carbons (Fsp3) is 0.440. The Kier molecular flexibility index (Phi) is 8.43. The van der Waals surface area contributed by atoms with Crippen LogP contribution in [-0.2, 0) is 16.7 Å². The molecule has 12 nitrogen and oxygen atoms in total. The molecule has 37 heavy (non-hydrogen) atoms. The van der Waals surface area contributed by atoms with Gasteiger partial charge in [0.05, 0.1) is 12.6 Å². The van der Waals surface area contributed by atoms with Crippen LogP contribution in [0.3, 0.4) is 0 Å². The molecule has 0 radical (unpaired) electrons. The molecule has 3 aromatic rings. The number of nitrogen functional groups attached to an aromatic ring is 3. The zero-order valence-electron chi connectivity index (χ0n) is 22.0. The van der Waals surface area contributed by atoms with Gasteiger partial charge >= 0.3 is 0 Å². The van der Waals surface area contributed by atoms with Crippen molar-refractivity contribution < 1.29 is 9.53 Å². The first kappa shape index (κ1) is 27.5. The Bertz CT molecular complexity index is 1270. The summed E-state index contributed by atoms with van der Waals surface area (Å²) in [6, 6.07) is 10.3. The number of pyridine rings is 2. The number of methoxy groups -OCH3 is 1. The minimum atomic E-state index is -0.447. The maximum Gasteiger partial charge on any atom is 0.283 e. The lowest BCUT2D eigenvalue weighted by atomic mass is 10.0. The summed E-state index contributed by atoms with van der Waals surface area (Å²) in [7, 11) is 1.68. The zero-order valence-corrected chi connectivity index (χ0v) is 22.0. The Morgan fingerprint density at radius 1 is 0.973 bits per heavy atom. The second-order valence-electron chi connectivity index (χ2n) is 9.98. The Hall–Kier alpha value is -4.06. The second kappa shape index (κ2) is 11.3. The number of amides is 1. The molecular formula is C25H36N10O2. The number of anilines is 2. The van der Waals surface area contributed by atoms with Gasteiger partial charge in [0.1, 0.15) is 28.8 Å². The van der Waals surface area contributed by atoms with Crippen LogP contribution in [0.15, 0.2) is 41.4 Å². The molecule has 0 bridgehead atoms. The molecule has 0 spiro atoms. The number of nitrogens with two attached hydrogens (primary N) is 3. The maximum absolute atomic E-state index is 10.8. The third-order valence-electron chi connectivity index (χ3n) is 6.04. The molecular weight excluding hydrogens is 472 g/mol. The van der Waals surface area contributed by atoms with E-state index in [1.807, 2.05) is 17.6 Å². The quantitative estimate of drug-likeness (QED) is 0.229. The van der Waals surface area contributed by atoms with E-state index >= 15 is 0 Å². The van der Waals surface area contributed by atoms with Crippen LogP contribution in [0.1, 0.15) is 63.3 Å². The normalized spacial score (nSPS) is 16.3. The number of nitrogens with zero attached hydrogens (tertiary/aromatic N) is 6. The largest absolute Gasteiger partial charge is 0.484 e. The molecule has 0 saturated heterocycles. The van der Waals surface area contributed by atoms with E-state index in [2.05, 4.69) is 57.4 Å². The van der Waals surface area contributed by atoms with Gasteiger partial charge in [-0.1, -0.05) is 12.1 Å². The number of nitrogens with one attached hydrogen (secondary N) is 1. The van der Waals surface area contributed by atoms with Crippen LogP contribution >= 0.6 is 0 Å². The highest BCUT2D eigenvalue weighted by Gasteiger charge is 2.34. The summed E-state index contributed by atoms with van der Waals surface area (Å²) in [6.45, 7) is 8.64. The zero-order chi connectivity index (χ0) is 27.2.